The van der Waals surface area contributed by atoms with Gasteiger partial charge in [0.05, 0.1) is 13.2 Å². The van der Waals surface area contributed by atoms with Crippen molar-refractivity contribution >= 4 is 38.6 Å². The summed E-state index contributed by atoms with van der Waals surface area (Å²) < 4.78 is 37.8. The Balaban J connectivity index is 1.23. The molecule has 1 heterocycles. The number of alkyl carbamates (subject to hydrolysis) is 1. The number of carbonyl (C=O) groups is 5. The van der Waals surface area contributed by atoms with E-state index in [9.17, 15) is 24.0 Å². The highest BCUT2D eigenvalue weighted by molar-refractivity contribution is 7.49. The van der Waals surface area contributed by atoms with Crippen LogP contribution >= 0.6 is 8.38 Å². The van der Waals surface area contributed by atoms with Gasteiger partial charge in [-0.15, -0.1) is 6.58 Å². The molecule has 0 aromatic rings. The summed E-state index contributed by atoms with van der Waals surface area (Å²) in [5, 5.41) is 4.72. The molecule has 1 aliphatic heterocycles. The predicted molar refractivity (Wildman–Crippen MR) is 178 cm³/mol. The molecule has 5 rings (SSSR count). The highest BCUT2D eigenvalue weighted by Crippen LogP contribution is 2.67. The van der Waals surface area contributed by atoms with Crippen LogP contribution in [0.3, 0.4) is 0 Å². The molecule has 50 heavy (non-hydrogen) atoms. The van der Waals surface area contributed by atoms with Crippen LogP contribution in [0, 0.1) is 23.2 Å². The maximum atomic E-state index is 14.0. The fourth-order valence-corrected chi connectivity index (χ4v) is 7.97. The van der Waals surface area contributed by atoms with Gasteiger partial charge in [-0.3, -0.25) is 18.6 Å². The Kier molecular flexibility index (Phi) is 12.9. The second-order valence-electron chi connectivity index (χ2n) is 15.0. The molecule has 280 valence electrons. The van der Waals surface area contributed by atoms with E-state index >= 15 is 0 Å². The minimum Gasteiger partial charge on any atom is -0.446 e. The second-order valence-corrected chi connectivity index (χ2v) is 16.8. The number of hydrogen-bond donors (Lipinski definition) is 2. The topological polar surface area (TPSA) is 177 Å². The normalized spacial score (nSPS) is 25.4. The maximum Gasteiger partial charge on any atom is 0.510 e. The summed E-state index contributed by atoms with van der Waals surface area (Å²) >= 11 is 0. The Morgan fingerprint density at radius 2 is 1.44 bits per heavy atom. The number of likely N-dealkylation sites (tertiary alicyclic amines) is 1. The Morgan fingerprint density at radius 1 is 0.860 bits per heavy atom. The van der Waals surface area contributed by atoms with Gasteiger partial charge in [-0.25, -0.2) is 14.4 Å². The van der Waals surface area contributed by atoms with E-state index in [-0.39, 0.29) is 31.1 Å². The number of ether oxygens (including phenoxy) is 5. The van der Waals surface area contributed by atoms with E-state index in [2.05, 4.69) is 17.2 Å². The molecule has 2 unspecified atom stereocenters. The monoisotopic (exact) mass is 725 g/mol. The molecule has 4 aliphatic carbocycles. The summed E-state index contributed by atoms with van der Waals surface area (Å²) in [4.78, 5) is 66.6. The van der Waals surface area contributed by atoms with Crippen molar-refractivity contribution in [2.24, 2.45) is 23.2 Å². The van der Waals surface area contributed by atoms with Crippen LogP contribution in [0.25, 0.3) is 0 Å². The van der Waals surface area contributed by atoms with E-state index in [1.807, 2.05) is 20.8 Å². The molecular weight excluding hydrogens is 673 g/mol. The van der Waals surface area contributed by atoms with Gasteiger partial charge < -0.3 is 39.2 Å². The number of rotatable bonds is 17. The van der Waals surface area contributed by atoms with Gasteiger partial charge in [0.2, 0.25) is 33.8 Å². The van der Waals surface area contributed by atoms with Crippen LogP contribution in [0.4, 0.5) is 14.4 Å². The van der Waals surface area contributed by atoms with Gasteiger partial charge in [0.15, 0.2) is 0 Å². The quantitative estimate of drug-likeness (QED) is 0.0637. The van der Waals surface area contributed by atoms with Gasteiger partial charge in [-0.1, -0.05) is 26.8 Å². The number of hydrogen-bond acceptors (Lipinski definition) is 12. The van der Waals surface area contributed by atoms with E-state index < -0.39 is 69.1 Å². The molecule has 4 saturated carbocycles. The van der Waals surface area contributed by atoms with Crippen LogP contribution in [0.15, 0.2) is 12.7 Å². The van der Waals surface area contributed by atoms with E-state index in [0.29, 0.717) is 37.6 Å². The van der Waals surface area contributed by atoms with Crippen LogP contribution in [-0.4, -0.2) is 91.9 Å². The van der Waals surface area contributed by atoms with Gasteiger partial charge >= 0.3 is 18.4 Å². The zero-order chi connectivity index (χ0) is 35.9. The summed E-state index contributed by atoms with van der Waals surface area (Å²) in [6.07, 6.45) is 8.02. The Morgan fingerprint density at radius 3 is 1.94 bits per heavy atom. The zero-order valence-corrected chi connectivity index (χ0v) is 30.3. The second kappa shape index (κ2) is 16.9. The van der Waals surface area contributed by atoms with Crippen LogP contribution in [-0.2, 0) is 42.3 Å². The average Bonchev–Trinajstić information content (AvgIpc) is 4.04. The highest BCUT2D eigenvalue weighted by Gasteiger charge is 2.62. The number of nitrogens with one attached hydrogen (secondary N) is 2. The van der Waals surface area contributed by atoms with E-state index in [1.165, 1.54) is 4.90 Å². The molecule has 16 heteroatoms. The fraction of sp³-hybridized carbons (Fsp3) is 0.794. The molecule has 0 spiro atoms. The molecule has 0 aromatic heterocycles. The van der Waals surface area contributed by atoms with Crippen LogP contribution in [0.2, 0.25) is 0 Å². The molecule has 5 fully saturated rings. The van der Waals surface area contributed by atoms with E-state index in [0.717, 1.165) is 51.4 Å². The maximum absolute atomic E-state index is 14.0. The van der Waals surface area contributed by atoms with Crippen molar-refractivity contribution in [3.8, 4) is 0 Å². The van der Waals surface area contributed by atoms with Crippen molar-refractivity contribution in [2.75, 3.05) is 33.3 Å². The lowest BCUT2D eigenvalue weighted by molar-refractivity contribution is -0.142. The summed E-state index contributed by atoms with van der Waals surface area (Å²) in [5.74, 6) is -0.408. The molecule has 5 aliphatic rings. The molecule has 3 amide bonds. The molecular formula is C34H52N3O12P. The lowest BCUT2D eigenvalue weighted by Crippen LogP contribution is -2.58. The predicted octanol–water partition coefficient (Wildman–Crippen LogP) is 5.47. The van der Waals surface area contributed by atoms with E-state index in [1.54, 1.807) is 6.08 Å². The summed E-state index contributed by atoms with van der Waals surface area (Å²) in [6, 6.07) is -1.76. The number of amides is 3. The Labute approximate surface area is 294 Å². The third-order valence-electron chi connectivity index (χ3n) is 9.69. The Hall–Kier alpha value is -3.16. The van der Waals surface area contributed by atoms with Gasteiger partial charge in [0, 0.05) is 12.5 Å². The summed E-state index contributed by atoms with van der Waals surface area (Å²) in [7, 11) is -2.09. The highest BCUT2D eigenvalue weighted by atomic mass is 31.2. The summed E-state index contributed by atoms with van der Waals surface area (Å²) in [6.45, 7) is 9.23. The van der Waals surface area contributed by atoms with Gasteiger partial charge in [0.1, 0.15) is 23.5 Å². The molecule has 2 N–H and O–H groups in total. The van der Waals surface area contributed by atoms with Crippen LogP contribution < -0.4 is 10.6 Å². The largest absolute Gasteiger partial charge is 0.510 e. The van der Waals surface area contributed by atoms with Gasteiger partial charge in [-0.2, -0.15) is 0 Å². The standard InChI is InChI=1S/C34H52N3O12P/c1-5-24-17-34(24,50(47-20-45-31(41)43-18-22-12-13-22)48-21-46-32(42)44-19-23-14-15-23)36-28(38)26-11-8-16-37(26)29(39)27(33(2,3)4)35-30(40)49-25-9-6-7-10-25/h5,22-27H,1,6-21H2,2-4H3,(H,35,40)(H,36,38)/t24-,26?,27?,34+/m1/s1. The third kappa shape index (κ3) is 10.7. The smallest absolute Gasteiger partial charge is 0.446 e. The minimum absolute atomic E-state index is 0.166. The number of carbonyl (C=O) groups excluding carboxylic acids is 5. The minimum atomic E-state index is -2.09. The fourth-order valence-electron chi connectivity index (χ4n) is 6.21. The number of nitrogens with zero attached hydrogens (tertiary/aromatic N) is 1. The Bertz CT molecular complexity index is 1210. The first kappa shape index (κ1) is 38.1. The van der Waals surface area contributed by atoms with E-state index in [4.69, 9.17) is 32.7 Å². The molecule has 15 nitrogen and oxygen atoms in total. The first-order chi connectivity index (χ1) is 23.9. The molecule has 0 radical (unpaired) electrons. The molecule has 4 atom stereocenters. The first-order valence-corrected chi connectivity index (χ1v) is 18.9. The SMILES string of the molecule is C=C[C@@H]1C[C@]1(NC(=O)C1CCCN1C(=O)C(NC(=O)OC1CCCC1)C(C)(C)C)P(OCOC(=O)OCC1CC1)OCOC(=O)OCC1CC1. The molecule has 0 aromatic carbocycles. The van der Waals surface area contributed by atoms with Gasteiger partial charge in [0.25, 0.3) is 0 Å². The lowest BCUT2D eigenvalue weighted by atomic mass is 9.85. The van der Waals surface area contributed by atoms with Crippen molar-refractivity contribution < 1.29 is 56.7 Å². The average molecular weight is 726 g/mol. The molecule has 1 saturated heterocycles. The first-order valence-electron chi connectivity index (χ1n) is 17.8. The van der Waals surface area contributed by atoms with Crippen LogP contribution in [0.1, 0.15) is 91.4 Å². The zero-order valence-electron chi connectivity index (χ0n) is 29.4. The van der Waals surface area contributed by atoms with Crippen molar-refractivity contribution in [3.05, 3.63) is 12.7 Å². The van der Waals surface area contributed by atoms with Crippen molar-refractivity contribution in [1.29, 1.82) is 0 Å². The molecule has 0 bridgehead atoms. The van der Waals surface area contributed by atoms with Crippen molar-refractivity contribution in [1.82, 2.24) is 15.5 Å². The van der Waals surface area contributed by atoms with Crippen LogP contribution in [0.5, 0.6) is 0 Å². The van der Waals surface area contributed by atoms with Gasteiger partial charge in [-0.05, 0) is 87.9 Å². The van der Waals surface area contributed by atoms with Crippen molar-refractivity contribution in [2.45, 2.75) is 115 Å². The third-order valence-corrected chi connectivity index (χ3v) is 11.6. The van der Waals surface area contributed by atoms with Crippen molar-refractivity contribution in [3.63, 3.8) is 0 Å². The lowest BCUT2D eigenvalue weighted by Gasteiger charge is -2.36. The summed E-state index contributed by atoms with van der Waals surface area (Å²) in [5.41, 5.74) is -0.670.